The van der Waals surface area contributed by atoms with E-state index in [-0.39, 0.29) is 16.3 Å². The SMILES string of the molecule is CCC(C#N)NC(=O)c1c(Cl)cccc1[N+](=O)[O-]. The van der Waals surface area contributed by atoms with Crippen LogP contribution in [0.25, 0.3) is 0 Å². The van der Waals surface area contributed by atoms with Gasteiger partial charge < -0.3 is 5.32 Å². The van der Waals surface area contributed by atoms with Gasteiger partial charge in [0.15, 0.2) is 0 Å². The van der Waals surface area contributed by atoms with Crippen LogP contribution in [-0.2, 0) is 0 Å². The van der Waals surface area contributed by atoms with Crippen LogP contribution in [0.2, 0.25) is 5.02 Å². The van der Waals surface area contributed by atoms with Gasteiger partial charge in [-0.3, -0.25) is 14.9 Å². The maximum absolute atomic E-state index is 11.9. The summed E-state index contributed by atoms with van der Waals surface area (Å²) < 4.78 is 0. The fraction of sp³-hybridized carbons (Fsp3) is 0.273. The van der Waals surface area contributed by atoms with Crippen molar-refractivity contribution in [2.24, 2.45) is 0 Å². The van der Waals surface area contributed by atoms with E-state index in [0.29, 0.717) is 6.42 Å². The molecule has 0 aliphatic heterocycles. The summed E-state index contributed by atoms with van der Waals surface area (Å²) in [5.74, 6) is -0.722. The van der Waals surface area contributed by atoms with Gasteiger partial charge >= 0.3 is 0 Å². The Morgan fingerprint density at radius 3 is 2.83 bits per heavy atom. The molecule has 1 aromatic rings. The Kier molecular flexibility index (Phi) is 4.63. The molecule has 0 fully saturated rings. The molecule has 0 aromatic heterocycles. The fourth-order valence-corrected chi connectivity index (χ4v) is 1.60. The van der Waals surface area contributed by atoms with Crippen LogP contribution in [0.15, 0.2) is 18.2 Å². The molecular formula is C11H10ClN3O3. The number of halogens is 1. The molecule has 1 unspecified atom stereocenters. The fourth-order valence-electron chi connectivity index (χ4n) is 1.35. The van der Waals surface area contributed by atoms with Crippen molar-refractivity contribution in [1.82, 2.24) is 5.32 Å². The largest absolute Gasteiger partial charge is 0.336 e. The van der Waals surface area contributed by atoms with Crippen molar-refractivity contribution in [2.75, 3.05) is 0 Å². The van der Waals surface area contributed by atoms with Gasteiger partial charge in [0, 0.05) is 6.07 Å². The lowest BCUT2D eigenvalue weighted by atomic mass is 10.1. The van der Waals surface area contributed by atoms with Crippen molar-refractivity contribution in [3.63, 3.8) is 0 Å². The maximum Gasteiger partial charge on any atom is 0.283 e. The minimum atomic E-state index is -0.722. The molecule has 0 aliphatic rings. The highest BCUT2D eigenvalue weighted by atomic mass is 35.5. The summed E-state index contributed by atoms with van der Waals surface area (Å²) in [5, 5.41) is 21.9. The quantitative estimate of drug-likeness (QED) is 0.668. The first-order chi connectivity index (χ1) is 8.51. The number of nitrogens with zero attached hydrogens (tertiary/aromatic N) is 2. The number of nitro groups is 1. The first-order valence-electron chi connectivity index (χ1n) is 5.14. The molecule has 18 heavy (non-hydrogen) atoms. The van der Waals surface area contributed by atoms with Crippen LogP contribution in [-0.4, -0.2) is 16.9 Å². The zero-order chi connectivity index (χ0) is 13.7. The Morgan fingerprint density at radius 1 is 1.67 bits per heavy atom. The number of benzene rings is 1. The van der Waals surface area contributed by atoms with E-state index in [0.717, 1.165) is 0 Å². The summed E-state index contributed by atoms with van der Waals surface area (Å²) in [6, 6.07) is 5.14. The summed E-state index contributed by atoms with van der Waals surface area (Å²) >= 11 is 5.79. The molecule has 1 atom stereocenters. The Balaban J connectivity index is 3.13. The number of carbonyl (C=O) groups excluding carboxylic acids is 1. The van der Waals surface area contributed by atoms with E-state index < -0.39 is 16.9 Å². The van der Waals surface area contributed by atoms with Crippen LogP contribution in [0.1, 0.15) is 23.7 Å². The number of hydrogen-bond donors (Lipinski definition) is 1. The summed E-state index contributed by atoms with van der Waals surface area (Å²) in [5.41, 5.74) is -0.606. The highest BCUT2D eigenvalue weighted by molar-refractivity contribution is 6.34. The van der Waals surface area contributed by atoms with E-state index in [2.05, 4.69) is 5.32 Å². The molecule has 0 aliphatic carbocycles. The first kappa shape index (κ1) is 13.9. The molecule has 0 saturated carbocycles. The monoisotopic (exact) mass is 267 g/mol. The predicted octanol–water partition coefficient (Wildman–Crippen LogP) is 2.28. The lowest BCUT2D eigenvalue weighted by Crippen LogP contribution is -2.33. The zero-order valence-electron chi connectivity index (χ0n) is 9.51. The molecular weight excluding hydrogens is 258 g/mol. The van der Waals surface area contributed by atoms with Crippen LogP contribution < -0.4 is 5.32 Å². The smallest absolute Gasteiger partial charge is 0.283 e. The molecule has 0 heterocycles. The number of nitro benzene ring substituents is 1. The van der Waals surface area contributed by atoms with Crippen molar-refractivity contribution < 1.29 is 9.72 Å². The second kappa shape index (κ2) is 5.98. The maximum atomic E-state index is 11.9. The highest BCUT2D eigenvalue weighted by Crippen LogP contribution is 2.26. The van der Waals surface area contributed by atoms with Crippen LogP contribution >= 0.6 is 11.6 Å². The molecule has 7 heteroatoms. The topological polar surface area (TPSA) is 96.0 Å². The van der Waals surface area contributed by atoms with Gasteiger partial charge in [0.25, 0.3) is 11.6 Å². The van der Waals surface area contributed by atoms with Crippen LogP contribution in [0.3, 0.4) is 0 Å². The standard InChI is InChI=1S/C11H10ClN3O3/c1-2-7(6-13)14-11(16)10-8(12)4-3-5-9(10)15(17)18/h3-5,7H,2H2,1H3,(H,14,16). The average Bonchev–Trinajstić information content (AvgIpc) is 2.35. The van der Waals surface area contributed by atoms with Gasteiger partial charge in [0.1, 0.15) is 11.6 Å². The zero-order valence-corrected chi connectivity index (χ0v) is 10.3. The third-order valence-corrected chi connectivity index (χ3v) is 2.60. The average molecular weight is 268 g/mol. The van der Waals surface area contributed by atoms with Gasteiger partial charge in [-0.2, -0.15) is 5.26 Å². The summed E-state index contributed by atoms with van der Waals surface area (Å²) in [4.78, 5) is 22.0. The lowest BCUT2D eigenvalue weighted by molar-refractivity contribution is -0.385. The van der Waals surface area contributed by atoms with Crippen molar-refractivity contribution in [3.8, 4) is 6.07 Å². The van der Waals surface area contributed by atoms with Gasteiger partial charge in [-0.25, -0.2) is 0 Å². The van der Waals surface area contributed by atoms with Crippen molar-refractivity contribution in [1.29, 1.82) is 5.26 Å². The molecule has 1 amide bonds. The predicted molar refractivity (Wildman–Crippen MR) is 65.3 cm³/mol. The Hall–Kier alpha value is -2.13. The van der Waals surface area contributed by atoms with Crippen LogP contribution in [0.5, 0.6) is 0 Å². The highest BCUT2D eigenvalue weighted by Gasteiger charge is 2.24. The third-order valence-electron chi connectivity index (χ3n) is 2.28. The third kappa shape index (κ3) is 2.96. The summed E-state index contributed by atoms with van der Waals surface area (Å²) in [6.45, 7) is 1.72. The van der Waals surface area contributed by atoms with Gasteiger partial charge in [0.05, 0.1) is 16.0 Å². The second-order valence-corrected chi connectivity index (χ2v) is 3.86. The molecule has 6 nitrogen and oxygen atoms in total. The van der Waals surface area contributed by atoms with Gasteiger partial charge in [-0.05, 0) is 12.5 Å². The Bertz CT molecular complexity index is 525. The van der Waals surface area contributed by atoms with Gasteiger partial charge in [-0.15, -0.1) is 0 Å². The second-order valence-electron chi connectivity index (χ2n) is 3.45. The van der Waals surface area contributed by atoms with Crippen LogP contribution in [0.4, 0.5) is 5.69 Å². The molecule has 1 N–H and O–H groups in total. The number of hydrogen-bond acceptors (Lipinski definition) is 4. The number of nitrogens with one attached hydrogen (secondary N) is 1. The Morgan fingerprint density at radius 2 is 2.33 bits per heavy atom. The number of nitriles is 1. The van der Waals surface area contributed by atoms with E-state index >= 15 is 0 Å². The normalized spacial score (nSPS) is 11.4. The van der Waals surface area contributed by atoms with E-state index in [1.165, 1.54) is 18.2 Å². The Labute approximate surface area is 108 Å². The van der Waals surface area contributed by atoms with Gasteiger partial charge in [-0.1, -0.05) is 24.6 Å². The van der Waals surface area contributed by atoms with Crippen molar-refractivity contribution in [3.05, 3.63) is 38.9 Å². The summed E-state index contributed by atoms with van der Waals surface area (Å²) in [6.07, 6.45) is 0.403. The lowest BCUT2D eigenvalue weighted by Gasteiger charge is -2.10. The van der Waals surface area contributed by atoms with E-state index in [4.69, 9.17) is 16.9 Å². The van der Waals surface area contributed by atoms with E-state index in [9.17, 15) is 14.9 Å². The molecule has 0 bridgehead atoms. The van der Waals surface area contributed by atoms with Gasteiger partial charge in [0.2, 0.25) is 0 Å². The first-order valence-corrected chi connectivity index (χ1v) is 5.52. The summed E-state index contributed by atoms with van der Waals surface area (Å²) in [7, 11) is 0. The number of amides is 1. The number of rotatable bonds is 4. The van der Waals surface area contributed by atoms with E-state index in [1.807, 2.05) is 6.07 Å². The van der Waals surface area contributed by atoms with Crippen molar-refractivity contribution >= 4 is 23.2 Å². The molecule has 0 spiro atoms. The number of carbonyl (C=O) groups is 1. The van der Waals surface area contributed by atoms with Crippen molar-refractivity contribution in [2.45, 2.75) is 19.4 Å². The molecule has 1 aromatic carbocycles. The molecule has 0 saturated heterocycles. The van der Waals surface area contributed by atoms with E-state index in [1.54, 1.807) is 6.92 Å². The molecule has 1 rings (SSSR count). The molecule has 0 radical (unpaired) electrons. The minimum absolute atomic E-state index is 0.0190. The molecule has 94 valence electrons. The van der Waals surface area contributed by atoms with Crippen LogP contribution in [0, 0.1) is 21.4 Å². The minimum Gasteiger partial charge on any atom is -0.336 e.